The molecule has 0 saturated heterocycles. The Morgan fingerprint density at radius 2 is 0.625 bits per heavy atom. The van der Waals surface area contributed by atoms with Gasteiger partial charge in [-0.1, -0.05) is 0 Å². The second kappa shape index (κ2) is 1.50. The van der Waals surface area contributed by atoms with Crippen LogP contribution in [0.25, 0.3) is 0 Å². The van der Waals surface area contributed by atoms with Gasteiger partial charge >= 0.3 is 35.5 Å². The van der Waals surface area contributed by atoms with Crippen molar-refractivity contribution in [3.63, 3.8) is 0 Å². The Morgan fingerprint density at radius 1 is 0.625 bits per heavy atom. The third kappa shape index (κ3) is 281. The van der Waals surface area contributed by atoms with Crippen LogP contribution in [0, 0.1) is 0 Å². The van der Waals surface area contributed by atoms with Gasteiger partial charge in [-0.05, 0) is 0 Å². The normalized spacial score (nSPS) is 20.2. The Kier molecular flexibility index (Phi) is 2.19. The van der Waals surface area contributed by atoms with Gasteiger partial charge in [-0.25, -0.2) is 0 Å². The van der Waals surface area contributed by atoms with Crippen LogP contribution in [0.5, 0.6) is 0 Å². The first-order chi connectivity index (χ1) is 2.45. The molecule has 55 valence electrons. The fourth-order valence-electron chi connectivity index (χ4n) is 0. The maximum Gasteiger partial charge on any atom is 0 e. The Hall–Kier alpha value is 0.931. The van der Waals surface area contributed by atoms with E-state index in [1.54, 1.807) is 0 Å². The molecule has 0 unspecified atom stereocenters. The van der Waals surface area contributed by atoms with Crippen LogP contribution < -0.4 is 0 Å². The fourth-order valence-corrected chi connectivity index (χ4v) is 0. The monoisotopic (exact) mass is 485 g/mol. The number of hydrogen-bond acceptors (Lipinski definition) is 0. The molecule has 0 saturated carbocycles. The van der Waals surface area contributed by atoms with E-state index < -0.39 is 16.2 Å². The van der Waals surface area contributed by atoms with Crippen molar-refractivity contribution in [3.8, 4) is 0 Å². The van der Waals surface area contributed by atoms with E-state index in [1.165, 1.54) is 0 Å². The standard InChI is InChI=1S/6FH.Re.W/h6*1H;;/q;;;;;;+6;/p-6. The van der Waals surface area contributed by atoms with Crippen LogP contribution in [-0.4, -0.2) is 0 Å². The van der Waals surface area contributed by atoms with Gasteiger partial charge in [0.1, 0.15) is 0 Å². The van der Waals surface area contributed by atoms with E-state index in [0.29, 0.717) is 0 Å². The zero-order valence-electron chi connectivity index (χ0n) is 3.05. The molecular formula is F6ReW. The van der Waals surface area contributed by atoms with Gasteiger partial charge in [-0.15, -0.1) is 0 Å². The van der Waals surface area contributed by atoms with Crippen molar-refractivity contribution in [2.45, 2.75) is 0 Å². The molecule has 0 spiro atoms. The van der Waals surface area contributed by atoms with Crippen LogP contribution in [0.15, 0.2) is 0 Å². The predicted octanol–water partition coefficient (Wildman–Crippen LogP) is 2.52. The van der Waals surface area contributed by atoms with E-state index in [0.717, 1.165) is 0 Å². The third-order valence-corrected chi connectivity index (χ3v) is 0. The Morgan fingerprint density at radius 3 is 0.625 bits per heavy atom. The topological polar surface area (TPSA) is 0 Å². The molecule has 0 aliphatic carbocycles. The van der Waals surface area contributed by atoms with Gasteiger partial charge in [0.15, 0.2) is 0 Å². The van der Waals surface area contributed by atoms with Crippen molar-refractivity contribution in [1.29, 1.82) is 0 Å². The smallest absolute Gasteiger partial charge is 0 e. The molecule has 0 aliphatic heterocycles. The summed E-state index contributed by atoms with van der Waals surface area (Å²) in [6, 6.07) is 0. The molecule has 0 fully saturated rings. The largest absolute Gasteiger partial charge is 0 e. The maximum atomic E-state index is 9.93. The maximum absolute atomic E-state index is 11.3. The van der Waals surface area contributed by atoms with Crippen LogP contribution in [0.2, 0.25) is 0 Å². The van der Waals surface area contributed by atoms with Crippen molar-refractivity contribution < 1.29 is 56.6 Å². The van der Waals surface area contributed by atoms with Crippen molar-refractivity contribution >= 4 is 0 Å². The minimum Gasteiger partial charge on any atom is 0 e. The first-order valence-corrected chi connectivity index (χ1v) is 7.02. The van der Waals surface area contributed by atoms with Crippen molar-refractivity contribution in [2.75, 3.05) is 0 Å². The van der Waals surface area contributed by atoms with Crippen molar-refractivity contribution in [1.82, 2.24) is 0 Å². The fraction of sp³-hybridized carbons (Fsp3) is 0. The second-order valence-corrected chi connectivity index (χ2v) is 6.63. The third-order valence-electron chi connectivity index (χ3n) is 0. The number of halogens is 6. The predicted molar refractivity (Wildman–Crippen MR) is 6.65 cm³/mol. The second-order valence-electron chi connectivity index (χ2n) is 0.810. The molecule has 0 aromatic heterocycles. The van der Waals surface area contributed by atoms with Gasteiger partial charge < -0.3 is 0 Å². The van der Waals surface area contributed by atoms with Crippen LogP contribution in [-0.2, 0) is 37.2 Å². The average Bonchev–Trinajstić information content (AvgIpc) is 0.592. The minimum absolute atomic E-state index is 0. The van der Waals surface area contributed by atoms with E-state index in [-0.39, 0.29) is 21.1 Å². The van der Waals surface area contributed by atoms with E-state index in [1.807, 2.05) is 0 Å². The molecule has 0 N–H and O–H groups in total. The number of rotatable bonds is 0. The van der Waals surface area contributed by atoms with E-state index in [9.17, 15) is 19.3 Å². The van der Waals surface area contributed by atoms with Crippen LogP contribution in [0.3, 0.4) is 0 Å². The number of hydrogen-bond donors (Lipinski definition) is 0. The Balaban J connectivity index is 0. The minimum atomic E-state index is -11.3. The summed E-state index contributed by atoms with van der Waals surface area (Å²) >= 11 is -11.3. The SMILES string of the molecule is [F][Re]([F])([F])([F])([F])[F].[W]. The molecule has 0 atom stereocenters. The molecule has 0 bridgehead atoms. The van der Waals surface area contributed by atoms with Crippen LogP contribution in [0.1, 0.15) is 0 Å². The molecule has 8 heteroatoms. The van der Waals surface area contributed by atoms with E-state index in [4.69, 9.17) is 0 Å². The zero-order valence-corrected chi connectivity index (χ0v) is 8.70. The quantitative estimate of drug-likeness (QED) is 0.464. The molecule has 0 radical (unpaired) electrons. The van der Waals surface area contributed by atoms with Gasteiger partial charge in [0.2, 0.25) is 0 Å². The van der Waals surface area contributed by atoms with Gasteiger partial charge in [-0.2, -0.15) is 0 Å². The van der Waals surface area contributed by atoms with Gasteiger partial charge in [0.25, 0.3) is 0 Å². The summed E-state index contributed by atoms with van der Waals surface area (Å²) in [7, 11) is 0. The summed E-state index contributed by atoms with van der Waals surface area (Å²) in [4.78, 5) is 0. The Labute approximate surface area is 56.8 Å². The molecule has 0 nitrogen and oxygen atoms in total. The van der Waals surface area contributed by atoms with Crippen molar-refractivity contribution in [3.05, 3.63) is 0 Å². The molecule has 0 rings (SSSR count). The summed E-state index contributed by atoms with van der Waals surface area (Å²) in [6.45, 7) is 0. The molecular weight excluding hydrogens is 484 g/mol. The Bertz CT molecular complexity index is 67.1. The van der Waals surface area contributed by atoms with Gasteiger partial charge in [0.05, 0.1) is 0 Å². The summed E-state index contributed by atoms with van der Waals surface area (Å²) in [6.07, 6.45) is 0. The van der Waals surface area contributed by atoms with Crippen LogP contribution >= 0.6 is 0 Å². The molecule has 0 aromatic carbocycles. The average molecular weight is 484 g/mol. The summed E-state index contributed by atoms with van der Waals surface area (Å²) in [5, 5.41) is 0. The summed E-state index contributed by atoms with van der Waals surface area (Å²) < 4.78 is 59.6. The summed E-state index contributed by atoms with van der Waals surface area (Å²) in [5.74, 6) is 0. The van der Waals surface area contributed by atoms with Crippen LogP contribution in [0.4, 0.5) is 19.3 Å². The summed E-state index contributed by atoms with van der Waals surface area (Å²) in [5.41, 5.74) is 0. The first kappa shape index (κ1) is 11.7. The van der Waals surface area contributed by atoms with E-state index in [2.05, 4.69) is 0 Å². The first-order valence-electron chi connectivity index (χ1n) is 0.857. The molecule has 0 amide bonds. The molecule has 0 heterocycles. The molecule has 0 aromatic rings. The zero-order chi connectivity index (χ0) is 6.41. The van der Waals surface area contributed by atoms with Gasteiger partial charge in [0, 0.05) is 21.1 Å². The molecule has 8 heavy (non-hydrogen) atoms. The van der Waals surface area contributed by atoms with Crippen molar-refractivity contribution in [2.24, 2.45) is 0 Å². The van der Waals surface area contributed by atoms with Gasteiger partial charge in [-0.3, -0.25) is 0 Å². The van der Waals surface area contributed by atoms with E-state index >= 15 is 0 Å². The molecule has 0 aliphatic rings.